The number of hydrogen-bond donors (Lipinski definition) is 2. The van der Waals surface area contributed by atoms with E-state index in [0.29, 0.717) is 13.2 Å². The predicted octanol–water partition coefficient (Wildman–Crippen LogP) is 1.06. The molecule has 1 atom stereocenters. The average molecular weight is 307 g/mol. The molecular weight excluding hydrogens is 282 g/mol. The van der Waals surface area contributed by atoms with Gasteiger partial charge in [-0.3, -0.25) is 14.5 Å². The molecular formula is C16H25N3O3. The van der Waals surface area contributed by atoms with Gasteiger partial charge in [0.05, 0.1) is 19.2 Å². The Kier molecular flexibility index (Phi) is 7.01. The van der Waals surface area contributed by atoms with E-state index in [9.17, 15) is 9.59 Å². The van der Waals surface area contributed by atoms with E-state index in [1.165, 1.54) is 0 Å². The van der Waals surface area contributed by atoms with Crippen LogP contribution in [0, 0.1) is 13.8 Å². The van der Waals surface area contributed by atoms with Crippen LogP contribution in [0.3, 0.4) is 0 Å². The Morgan fingerprint density at radius 3 is 2.64 bits per heavy atom. The number of amides is 2. The first kappa shape index (κ1) is 18.1. The molecule has 6 nitrogen and oxygen atoms in total. The number of nitrogens with zero attached hydrogens (tertiary/aromatic N) is 1. The zero-order valence-corrected chi connectivity index (χ0v) is 13.7. The molecule has 0 bridgehead atoms. The Morgan fingerprint density at radius 1 is 1.36 bits per heavy atom. The van der Waals surface area contributed by atoms with Gasteiger partial charge in [0, 0.05) is 19.3 Å². The summed E-state index contributed by atoms with van der Waals surface area (Å²) in [5.41, 5.74) is 8.25. The maximum atomic E-state index is 12.2. The molecule has 0 spiro atoms. The summed E-state index contributed by atoms with van der Waals surface area (Å²) in [5, 5.41) is 2.88. The summed E-state index contributed by atoms with van der Waals surface area (Å²) in [4.78, 5) is 25.3. The van der Waals surface area contributed by atoms with Crippen molar-refractivity contribution in [3.05, 3.63) is 29.3 Å². The van der Waals surface area contributed by atoms with Gasteiger partial charge in [-0.2, -0.15) is 0 Å². The van der Waals surface area contributed by atoms with Gasteiger partial charge in [0.15, 0.2) is 0 Å². The third-order valence-electron chi connectivity index (χ3n) is 3.77. The minimum absolute atomic E-state index is 0.0842. The molecule has 3 N–H and O–H groups in total. The van der Waals surface area contributed by atoms with Crippen LogP contribution in [-0.4, -0.2) is 49.6 Å². The first-order valence-electron chi connectivity index (χ1n) is 7.25. The lowest BCUT2D eigenvalue weighted by atomic mass is 10.1. The predicted molar refractivity (Wildman–Crippen MR) is 86.7 cm³/mol. The summed E-state index contributed by atoms with van der Waals surface area (Å²) in [7, 11) is 1.57. The van der Waals surface area contributed by atoms with Crippen molar-refractivity contribution in [3.8, 4) is 0 Å². The number of nitrogens with two attached hydrogens (primary N) is 1. The third kappa shape index (κ3) is 5.13. The van der Waals surface area contributed by atoms with Crippen molar-refractivity contribution in [3.63, 3.8) is 0 Å². The van der Waals surface area contributed by atoms with Crippen LogP contribution in [0.1, 0.15) is 18.1 Å². The van der Waals surface area contributed by atoms with Crippen molar-refractivity contribution in [2.45, 2.75) is 26.8 Å². The van der Waals surface area contributed by atoms with Crippen LogP contribution in [0.5, 0.6) is 0 Å². The number of aryl methyl sites for hydroxylation is 1. The number of carbonyl (C=O) groups is 2. The molecule has 22 heavy (non-hydrogen) atoms. The summed E-state index contributed by atoms with van der Waals surface area (Å²) in [5.74, 6) is -0.645. The summed E-state index contributed by atoms with van der Waals surface area (Å²) in [6.07, 6.45) is 0. The molecule has 1 unspecified atom stereocenters. The summed E-state index contributed by atoms with van der Waals surface area (Å²) < 4.78 is 5.01. The maximum absolute atomic E-state index is 12.2. The van der Waals surface area contributed by atoms with Gasteiger partial charge < -0.3 is 15.8 Å². The van der Waals surface area contributed by atoms with E-state index in [2.05, 4.69) is 5.32 Å². The zero-order chi connectivity index (χ0) is 16.7. The van der Waals surface area contributed by atoms with E-state index in [4.69, 9.17) is 10.5 Å². The van der Waals surface area contributed by atoms with E-state index in [-0.39, 0.29) is 12.5 Å². The first-order chi connectivity index (χ1) is 10.4. The summed E-state index contributed by atoms with van der Waals surface area (Å²) in [6, 6.07) is 5.22. The van der Waals surface area contributed by atoms with Gasteiger partial charge in [0.2, 0.25) is 11.8 Å². The maximum Gasteiger partial charge on any atom is 0.238 e. The second-order valence-corrected chi connectivity index (χ2v) is 5.34. The quantitative estimate of drug-likeness (QED) is 0.752. The minimum atomic E-state index is -0.528. The van der Waals surface area contributed by atoms with Gasteiger partial charge in [-0.25, -0.2) is 0 Å². The number of ether oxygens (including phenoxy) is 1. The Balaban J connectivity index is 2.74. The number of rotatable bonds is 8. The molecule has 122 valence electrons. The fraction of sp³-hybridized carbons (Fsp3) is 0.500. The topological polar surface area (TPSA) is 84.7 Å². The molecule has 0 fully saturated rings. The van der Waals surface area contributed by atoms with Crippen molar-refractivity contribution in [1.82, 2.24) is 4.90 Å². The highest BCUT2D eigenvalue weighted by atomic mass is 16.5. The number of nitrogens with one attached hydrogen (secondary N) is 1. The monoisotopic (exact) mass is 307 g/mol. The largest absolute Gasteiger partial charge is 0.383 e. The molecule has 0 radical (unpaired) electrons. The molecule has 1 aromatic carbocycles. The molecule has 0 aliphatic carbocycles. The Morgan fingerprint density at radius 2 is 2.05 bits per heavy atom. The van der Waals surface area contributed by atoms with Crippen LogP contribution >= 0.6 is 0 Å². The minimum Gasteiger partial charge on any atom is -0.383 e. The van der Waals surface area contributed by atoms with Crippen molar-refractivity contribution in [2.24, 2.45) is 5.73 Å². The SMILES string of the molecule is COCCN(CC(=O)Nc1cccc(C)c1C)C(C)C(N)=O. The van der Waals surface area contributed by atoms with Gasteiger partial charge in [0.1, 0.15) is 0 Å². The fourth-order valence-electron chi connectivity index (χ4n) is 2.06. The number of methoxy groups -OCH3 is 1. The Bertz CT molecular complexity index is 531. The van der Waals surface area contributed by atoms with Crippen molar-refractivity contribution in [2.75, 3.05) is 32.1 Å². The highest BCUT2D eigenvalue weighted by Gasteiger charge is 2.21. The number of carbonyl (C=O) groups excluding carboxylic acids is 2. The van der Waals surface area contributed by atoms with Crippen LogP contribution in [0.2, 0.25) is 0 Å². The van der Waals surface area contributed by atoms with E-state index < -0.39 is 11.9 Å². The van der Waals surface area contributed by atoms with Gasteiger partial charge in [-0.1, -0.05) is 12.1 Å². The van der Waals surface area contributed by atoms with Crippen molar-refractivity contribution < 1.29 is 14.3 Å². The zero-order valence-electron chi connectivity index (χ0n) is 13.7. The van der Waals surface area contributed by atoms with Gasteiger partial charge >= 0.3 is 0 Å². The molecule has 0 saturated heterocycles. The third-order valence-corrected chi connectivity index (χ3v) is 3.77. The van der Waals surface area contributed by atoms with Gasteiger partial charge in [-0.15, -0.1) is 0 Å². The van der Waals surface area contributed by atoms with E-state index in [0.717, 1.165) is 16.8 Å². The second-order valence-electron chi connectivity index (χ2n) is 5.34. The highest BCUT2D eigenvalue weighted by molar-refractivity contribution is 5.93. The standard InChI is InChI=1S/C16H25N3O3/c1-11-6-5-7-14(12(11)2)18-15(20)10-19(8-9-22-4)13(3)16(17)21/h5-7,13H,8-10H2,1-4H3,(H2,17,21)(H,18,20). The van der Waals surface area contributed by atoms with Crippen molar-refractivity contribution >= 4 is 17.5 Å². The molecule has 6 heteroatoms. The van der Waals surface area contributed by atoms with E-state index >= 15 is 0 Å². The highest BCUT2D eigenvalue weighted by Crippen LogP contribution is 2.17. The van der Waals surface area contributed by atoms with E-state index in [1.54, 1.807) is 18.9 Å². The number of hydrogen-bond acceptors (Lipinski definition) is 4. The molecule has 0 aromatic heterocycles. The molecule has 0 saturated carbocycles. The average Bonchev–Trinajstić information content (AvgIpc) is 2.47. The van der Waals surface area contributed by atoms with Gasteiger partial charge in [0.25, 0.3) is 0 Å². The lowest BCUT2D eigenvalue weighted by molar-refractivity contribution is -0.124. The first-order valence-corrected chi connectivity index (χ1v) is 7.25. The fourth-order valence-corrected chi connectivity index (χ4v) is 2.06. The Labute approximate surface area is 131 Å². The normalized spacial score (nSPS) is 12.2. The molecule has 2 amide bonds. The van der Waals surface area contributed by atoms with Crippen LogP contribution in [-0.2, 0) is 14.3 Å². The number of anilines is 1. The summed E-state index contributed by atoms with van der Waals surface area (Å²) >= 11 is 0. The molecule has 0 heterocycles. The lowest BCUT2D eigenvalue weighted by Crippen LogP contribution is -2.47. The number of primary amides is 1. The second kappa shape index (κ2) is 8.51. The summed E-state index contributed by atoms with van der Waals surface area (Å²) in [6.45, 7) is 6.60. The lowest BCUT2D eigenvalue weighted by Gasteiger charge is -2.26. The van der Waals surface area contributed by atoms with Crippen LogP contribution in [0.4, 0.5) is 5.69 Å². The molecule has 0 aliphatic rings. The van der Waals surface area contributed by atoms with E-state index in [1.807, 2.05) is 32.0 Å². The van der Waals surface area contributed by atoms with Crippen LogP contribution in [0.25, 0.3) is 0 Å². The van der Waals surface area contributed by atoms with Crippen LogP contribution in [0.15, 0.2) is 18.2 Å². The molecule has 1 aromatic rings. The van der Waals surface area contributed by atoms with Crippen LogP contribution < -0.4 is 11.1 Å². The van der Waals surface area contributed by atoms with Gasteiger partial charge in [-0.05, 0) is 38.0 Å². The number of benzene rings is 1. The van der Waals surface area contributed by atoms with Crippen molar-refractivity contribution in [1.29, 1.82) is 0 Å². The molecule has 1 rings (SSSR count). The smallest absolute Gasteiger partial charge is 0.238 e. The molecule has 0 aliphatic heterocycles. The Hall–Kier alpha value is -1.92.